The van der Waals surface area contributed by atoms with Gasteiger partial charge in [-0.25, -0.2) is 9.78 Å². The molecule has 0 spiro atoms. The van der Waals surface area contributed by atoms with Crippen molar-refractivity contribution in [1.29, 1.82) is 0 Å². The second kappa shape index (κ2) is 8.22. The largest absolute Gasteiger partial charge is 0.497 e. The first kappa shape index (κ1) is 19.6. The molecule has 144 valence electrons. The van der Waals surface area contributed by atoms with E-state index in [2.05, 4.69) is 15.3 Å². The van der Waals surface area contributed by atoms with E-state index >= 15 is 0 Å². The van der Waals surface area contributed by atoms with Gasteiger partial charge >= 0.3 is 5.97 Å². The number of carbonyl (C=O) groups excluding carboxylic acids is 2. The number of methoxy groups -OCH3 is 1. The molecular weight excluding hydrogens is 382 g/mol. The molecule has 7 nitrogen and oxygen atoms in total. The molecule has 0 saturated carbocycles. The average molecular weight is 400 g/mol. The Bertz CT molecular complexity index is 1050. The van der Waals surface area contributed by atoms with Gasteiger partial charge in [0, 0.05) is 17.6 Å². The number of nitrogens with one attached hydrogen (secondary N) is 1. The fourth-order valence-electron chi connectivity index (χ4n) is 2.57. The van der Waals surface area contributed by atoms with Gasteiger partial charge in [0.1, 0.15) is 5.75 Å². The van der Waals surface area contributed by atoms with Gasteiger partial charge in [0.05, 0.1) is 29.6 Å². The van der Waals surface area contributed by atoms with Gasteiger partial charge in [-0.05, 0) is 44.2 Å². The number of nitrogens with zero attached hydrogens (tertiary/aromatic N) is 2. The van der Waals surface area contributed by atoms with Crippen LogP contribution in [-0.2, 0) is 9.53 Å². The lowest BCUT2D eigenvalue weighted by atomic mass is 10.1. The van der Waals surface area contributed by atoms with Crippen molar-refractivity contribution >= 4 is 40.1 Å². The predicted molar refractivity (Wildman–Crippen MR) is 106 cm³/mol. The molecule has 2 aromatic heterocycles. The van der Waals surface area contributed by atoms with Gasteiger partial charge in [-0.3, -0.25) is 9.78 Å². The fraction of sp³-hybridized carbons (Fsp3) is 0.200. The van der Waals surface area contributed by atoms with E-state index in [1.807, 2.05) is 0 Å². The summed E-state index contributed by atoms with van der Waals surface area (Å²) in [5, 5.41) is 3.50. The molecule has 1 amide bonds. The summed E-state index contributed by atoms with van der Waals surface area (Å²) in [7, 11) is 1.57. The minimum atomic E-state index is -1.03. The van der Waals surface area contributed by atoms with Crippen LogP contribution in [0.5, 0.6) is 5.75 Å². The van der Waals surface area contributed by atoms with Crippen molar-refractivity contribution in [3.63, 3.8) is 0 Å². The molecule has 3 aromatic rings. The van der Waals surface area contributed by atoms with Gasteiger partial charge in [-0.2, -0.15) is 0 Å². The first-order valence-corrected chi connectivity index (χ1v) is 8.84. The Morgan fingerprint density at radius 1 is 1.21 bits per heavy atom. The van der Waals surface area contributed by atoms with E-state index in [-0.39, 0.29) is 10.7 Å². The number of hydrogen-bond acceptors (Lipinski definition) is 6. The summed E-state index contributed by atoms with van der Waals surface area (Å²) in [5.74, 6) is -0.476. The van der Waals surface area contributed by atoms with Crippen molar-refractivity contribution in [3.8, 4) is 5.75 Å². The van der Waals surface area contributed by atoms with Gasteiger partial charge in [-0.15, -0.1) is 0 Å². The molecule has 8 heteroatoms. The SMILES string of the molecule is COc1ccc2cc(C(=O)OC(C)C(=O)Nc3cccnc3Cl)c(C)nc2c1. The first-order chi connectivity index (χ1) is 13.4. The summed E-state index contributed by atoms with van der Waals surface area (Å²) in [6.45, 7) is 3.18. The molecule has 0 aliphatic rings. The maximum absolute atomic E-state index is 12.6. The van der Waals surface area contributed by atoms with Gasteiger partial charge < -0.3 is 14.8 Å². The van der Waals surface area contributed by atoms with Crippen LogP contribution >= 0.6 is 11.6 Å². The standard InChI is InChI=1S/C20H18ClN3O4/c1-11-15(9-13-6-7-14(27-3)10-17(13)23-11)20(26)28-12(2)19(25)24-16-5-4-8-22-18(16)21/h4-10,12H,1-3H3,(H,24,25). The van der Waals surface area contributed by atoms with E-state index < -0.39 is 18.0 Å². The highest BCUT2D eigenvalue weighted by Crippen LogP contribution is 2.23. The zero-order valence-corrected chi connectivity index (χ0v) is 16.3. The summed E-state index contributed by atoms with van der Waals surface area (Å²) in [4.78, 5) is 33.2. The number of rotatable bonds is 5. The zero-order valence-electron chi connectivity index (χ0n) is 15.5. The Labute approximate surface area is 166 Å². The van der Waals surface area contributed by atoms with Crippen molar-refractivity contribution in [2.45, 2.75) is 20.0 Å². The van der Waals surface area contributed by atoms with E-state index in [1.54, 1.807) is 50.4 Å². The molecule has 1 atom stereocenters. The van der Waals surface area contributed by atoms with Crippen LogP contribution in [0.3, 0.4) is 0 Å². The second-order valence-electron chi connectivity index (χ2n) is 6.06. The summed E-state index contributed by atoms with van der Waals surface area (Å²) in [5.41, 5.74) is 1.82. The monoisotopic (exact) mass is 399 g/mol. The summed E-state index contributed by atoms with van der Waals surface area (Å²) >= 11 is 5.92. The molecule has 0 fully saturated rings. The van der Waals surface area contributed by atoms with E-state index in [0.29, 0.717) is 22.6 Å². The number of esters is 1. The minimum absolute atomic E-state index is 0.152. The maximum Gasteiger partial charge on any atom is 0.340 e. The summed E-state index contributed by atoms with van der Waals surface area (Å²) in [6, 6.07) is 10.3. The number of aryl methyl sites for hydroxylation is 1. The minimum Gasteiger partial charge on any atom is -0.497 e. The lowest BCUT2D eigenvalue weighted by molar-refractivity contribution is -0.123. The van der Waals surface area contributed by atoms with E-state index in [0.717, 1.165) is 5.39 Å². The lowest BCUT2D eigenvalue weighted by Crippen LogP contribution is -2.30. The Morgan fingerprint density at radius 2 is 2.00 bits per heavy atom. The smallest absolute Gasteiger partial charge is 0.340 e. The topological polar surface area (TPSA) is 90.4 Å². The second-order valence-corrected chi connectivity index (χ2v) is 6.42. The molecule has 1 aromatic carbocycles. The number of fused-ring (bicyclic) bond motifs is 1. The molecule has 3 rings (SSSR count). The number of aromatic nitrogens is 2. The van der Waals surface area contributed by atoms with Crippen molar-refractivity contribution in [1.82, 2.24) is 9.97 Å². The maximum atomic E-state index is 12.6. The van der Waals surface area contributed by atoms with Gasteiger partial charge in [0.2, 0.25) is 0 Å². The van der Waals surface area contributed by atoms with Crippen LogP contribution < -0.4 is 10.1 Å². The zero-order chi connectivity index (χ0) is 20.3. The molecule has 28 heavy (non-hydrogen) atoms. The first-order valence-electron chi connectivity index (χ1n) is 8.47. The van der Waals surface area contributed by atoms with E-state index in [9.17, 15) is 9.59 Å². The Hall–Kier alpha value is -3.19. The van der Waals surface area contributed by atoms with Crippen molar-refractivity contribution in [2.24, 2.45) is 0 Å². The van der Waals surface area contributed by atoms with Crippen LogP contribution in [-0.4, -0.2) is 35.1 Å². The third kappa shape index (κ3) is 4.20. The molecular formula is C20H18ClN3O4. The number of benzene rings is 1. The Kier molecular flexibility index (Phi) is 5.75. The molecule has 0 saturated heterocycles. The number of pyridine rings is 2. The van der Waals surface area contributed by atoms with Gasteiger partial charge in [-0.1, -0.05) is 11.6 Å². The molecule has 0 aliphatic carbocycles. The highest BCUT2D eigenvalue weighted by atomic mass is 35.5. The third-order valence-electron chi connectivity index (χ3n) is 4.11. The number of hydrogen-bond donors (Lipinski definition) is 1. The van der Waals surface area contributed by atoms with Crippen LogP contribution in [0.25, 0.3) is 10.9 Å². The van der Waals surface area contributed by atoms with Gasteiger partial charge in [0.15, 0.2) is 11.3 Å². The Morgan fingerprint density at radius 3 is 2.71 bits per heavy atom. The number of amides is 1. The van der Waals surface area contributed by atoms with Gasteiger partial charge in [0.25, 0.3) is 5.91 Å². The summed E-state index contributed by atoms with van der Waals surface area (Å²) < 4.78 is 10.5. The molecule has 0 aliphatic heterocycles. The average Bonchev–Trinajstić information content (AvgIpc) is 2.68. The van der Waals surface area contributed by atoms with E-state index in [1.165, 1.54) is 13.1 Å². The molecule has 2 heterocycles. The predicted octanol–water partition coefficient (Wildman–Crippen LogP) is 3.78. The molecule has 0 bridgehead atoms. The van der Waals surface area contributed by atoms with Crippen molar-refractivity contribution in [2.75, 3.05) is 12.4 Å². The normalized spacial score (nSPS) is 11.7. The van der Waals surface area contributed by atoms with Crippen molar-refractivity contribution < 1.29 is 19.1 Å². The quantitative estimate of drug-likeness (QED) is 0.518. The number of ether oxygens (including phenoxy) is 2. The fourth-order valence-corrected chi connectivity index (χ4v) is 2.73. The molecule has 1 N–H and O–H groups in total. The van der Waals surface area contributed by atoms with E-state index in [4.69, 9.17) is 21.1 Å². The summed E-state index contributed by atoms with van der Waals surface area (Å²) in [6.07, 6.45) is 0.474. The Balaban J connectivity index is 1.75. The van der Waals surface area contributed by atoms with Crippen LogP contribution in [0, 0.1) is 6.92 Å². The number of anilines is 1. The van der Waals surface area contributed by atoms with Crippen LogP contribution in [0.1, 0.15) is 23.0 Å². The highest BCUT2D eigenvalue weighted by Gasteiger charge is 2.22. The molecule has 1 unspecified atom stereocenters. The number of carbonyl (C=O) groups is 2. The van der Waals surface area contributed by atoms with Crippen LogP contribution in [0.2, 0.25) is 5.15 Å². The lowest BCUT2D eigenvalue weighted by Gasteiger charge is -2.15. The van der Waals surface area contributed by atoms with Crippen LogP contribution in [0.4, 0.5) is 5.69 Å². The van der Waals surface area contributed by atoms with Crippen LogP contribution in [0.15, 0.2) is 42.6 Å². The highest BCUT2D eigenvalue weighted by molar-refractivity contribution is 6.32. The van der Waals surface area contributed by atoms with Crippen molar-refractivity contribution in [3.05, 3.63) is 59.0 Å². The third-order valence-corrected chi connectivity index (χ3v) is 4.41. The number of halogens is 1. The molecule has 0 radical (unpaired) electrons.